The van der Waals surface area contributed by atoms with Gasteiger partial charge in [-0.25, -0.2) is 9.97 Å². The van der Waals surface area contributed by atoms with E-state index in [0.717, 1.165) is 47.0 Å². The van der Waals surface area contributed by atoms with E-state index in [1.807, 2.05) is 37.3 Å². The number of fused-ring (bicyclic) bond motifs is 2. The lowest BCUT2D eigenvalue weighted by Crippen LogP contribution is -2.37. The minimum absolute atomic E-state index is 0.0724. The van der Waals surface area contributed by atoms with Crippen LogP contribution in [0, 0.1) is 12.8 Å². The van der Waals surface area contributed by atoms with Crippen LogP contribution in [0.2, 0.25) is 0 Å². The molecule has 7 nitrogen and oxygen atoms in total. The Bertz CT molecular complexity index is 1250. The van der Waals surface area contributed by atoms with Gasteiger partial charge in [0.2, 0.25) is 5.88 Å². The molecule has 2 atom stereocenters. The van der Waals surface area contributed by atoms with E-state index < -0.39 is 0 Å². The van der Waals surface area contributed by atoms with Crippen molar-refractivity contribution >= 4 is 21.8 Å². The third kappa shape index (κ3) is 4.08. The molecule has 0 aliphatic carbocycles. The van der Waals surface area contributed by atoms with E-state index in [1.165, 1.54) is 12.7 Å². The highest BCUT2D eigenvalue weighted by Crippen LogP contribution is 2.37. The molecule has 0 bridgehead atoms. The Morgan fingerprint density at radius 3 is 2.81 bits per heavy atom. The molecule has 0 amide bonds. The number of methoxy groups -OCH3 is 1. The first kappa shape index (κ1) is 20.6. The Labute approximate surface area is 187 Å². The summed E-state index contributed by atoms with van der Waals surface area (Å²) in [5, 5.41) is 5.32. The summed E-state index contributed by atoms with van der Waals surface area (Å²) in [6, 6.07) is 11.8. The highest BCUT2D eigenvalue weighted by Gasteiger charge is 2.23. The summed E-state index contributed by atoms with van der Waals surface area (Å²) in [5.41, 5.74) is 2.94. The van der Waals surface area contributed by atoms with Gasteiger partial charge >= 0.3 is 0 Å². The summed E-state index contributed by atoms with van der Waals surface area (Å²) in [6.07, 6.45) is 3.93. The molecule has 7 heteroatoms. The zero-order chi connectivity index (χ0) is 22.1. The lowest BCUT2D eigenvalue weighted by molar-refractivity contribution is 0.127. The highest BCUT2D eigenvalue weighted by molar-refractivity contribution is 5.87. The van der Waals surface area contributed by atoms with Crippen LogP contribution in [-0.2, 0) is 0 Å². The summed E-state index contributed by atoms with van der Waals surface area (Å²) in [7, 11) is 1.65. The van der Waals surface area contributed by atoms with Gasteiger partial charge in [0, 0.05) is 35.1 Å². The van der Waals surface area contributed by atoms with E-state index in [-0.39, 0.29) is 6.10 Å². The molecule has 3 heterocycles. The summed E-state index contributed by atoms with van der Waals surface area (Å²) in [4.78, 5) is 12.2. The maximum Gasteiger partial charge on any atom is 0.230 e. The highest BCUT2D eigenvalue weighted by atomic mass is 16.5. The Morgan fingerprint density at radius 2 is 2.00 bits per heavy atom. The van der Waals surface area contributed by atoms with E-state index in [2.05, 4.69) is 33.3 Å². The minimum Gasteiger partial charge on any atom is -0.493 e. The van der Waals surface area contributed by atoms with Crippen LogP contribution in [-0.4, -0.2) is 41.3 Å². The van der Waals surface area contributed by atoms with Gasteiger partial charge in [0.25, 0.3) is 0 Å². The van der Waals surface area contributed by atoms with E-state index >= 15 is 0 Å². The second-order valence-corrected chi connectivity index (χ2v) is 8.43. The smallest absolute Gasteiger partial charge is 0.230 e. The third-order valence-electron chi connectivity index (χ3n) is 6.14. The predicted octanol–water partition coefficient (Wildman–Crippen LogP) is 4.99. The fourth-order valence-corrected chi connectivity index (χ4v) is 4.38. The maximum atomic E-state index is 6.32. The fraction of sp³-hybridized carbons (Fsp3) is 0.360. The number of nitrogens with one attached hydrogen (secondary N) is 2. The molecule has 0 saturated carbocycles. The molecule has 32 heavy (non-hydrogen) atoms. The summed E-state index contributed by atoms with van der Waals surface area (Å²) < 4.78 is 18.1. The van der Waals surface area contributed by atoms with Gasteiger partial charge in [0.1, 0.15) is 18.2 Å². The number of aromatic amines is 1. The van der Waals surface area contributed by atoms with Gasteiger partial charge in [0.05, 0.1) is 18.0 Å². The quantitative estimate of drug-likeness (QED) is 0.447. The fourth-order valence-electron chi connectivity index (χ4n) is 4.38. The molecule has 0 spiro atoms. The van der Waals surface area contributed by atoms with Crippen LogP contribution in [0.1, 0.15) is 25.5 Å². The van der Waals surface area contributed by atoms with Crippen LogP contribution < -0.4 is 19.5 Å². The Balaban J connectivity index is 1.45. The Morgan fingerprint density at radius 1 is 1.09 bits per heavy atom. The number of aryl methyl sites for hydroxylation is 1. The number of piperidine rings is 1. The van der Waals surface area contributed by atoms with Gasteiger partial charge in [-0.15, -0.1) is 0 Å². The second-order valence-electron chi connectivity index (χ2n) is 8.43. The van der Waals surface area contributed by atoms with E-state index in [0.29, 0.717) is 29.0 Å². The zero-order valence-electron chi connectivity index (χ0n) is 18.6. The van der Waals surface area contributed by atoms with E-state index in [9.17, 15) is 0 Å². The molecule has 2 N–H and O–H groups in total. The van der Waals surface area contributed by atoms with Gasteiger partial charge in [0.15, 0.2) is 11.5 Å². The molecule has 2 aromatic carbocycles. The van der Waals surface area contributed by atoms with Crippen LogP contribution >= 0.6 is 0 Å². The van der Waals surface area contributed by atoms with Crippen molar-refractivity contribution in [3.8, 4) is 23.1 Å². The first-order valence-corrected chi connectivity index (χ1v) is 11.1. The van der Waals surface area contributed by atoms with Crippen molar-refractivity contribution in [2.45, 2.75) is 32.8 Å². The van der Waals surface area contributed by atoms with Crippen LogP contribution in [0.5, 0.6) is 23.1 Å². The lowest BCUT2D eigenvalue weighted by atomic mass is 9.94. The normalized spacial score (nSPS) is 17.4. The predicted molar refractivity (Wildman–Crippen MR) is 125 cm³/mol. The van der Waals surface area contributed by atoms with E-state index in [1.54, 1.807) is 7.11 Å². The monoisotopic (exact) mass is 432 g/mol. The number of benzene rings is 2. The number of aromatic nitrogens is 3. The molecule has 1 saturated heterocycles. The number of hydrogen-bond acceptors (Lipinski definition) is 6. The molecule has 4 aromatic rings. The first-order chi connectivity index (χ1) is 15.6. The third-order valence-corrected chi connectivity index (χ3v) is 6.14. The molecule has 0 radical (unpaired) electrons. The van der Waals surface area contributed by atoms with Crippen LogP contribution in [0.4, 0.5) is 0 Å². The summed E-state index contributed by atoms with van der Waals surface area (Å²) in [5.74, 6) is 3.00. The van der Waals surface area contributed by atoms with Gasteiger partial charge in [-0.3, -0.25) is 0 Å². The first-order valence-electron chi connectivity index (χ1n) is 11.1. The van der Waals surface area contributed by atoms with Crippen LogP contribution in [0.15, 0.2) is 42.7 Å². The molecule has 1 aliphatic rings. The maximum absolute atomic E-state index is 6.32. The van der Waals surface area contributed by atoms with Crippen molar-refractivity contribution in [3.63, 3.8) is 0 Å². The largest absolute Gasteiger partial charge is 0.493 e. The minimum atomic E-state index is 0.0724. The molecular weight excluding hydrogens is 404 g/mol. The Kier molecular flexibility index (Phi) is 5.57. The molecule has 2 unspecified atom stereocenters. The molecule has 2 aromatic heterocycles. The van der Waals surface area contributed by atoms with Gasteiger partial charge in [-0.1, -0.05) is 0 Å². The second kappa shape index (κ2) is 8.67. The van der Waals surface area contributed by atoms with Crippen molar-refractivity contribution in [2.24, 2.45) is 5.92 Å². The van der Waals surface area contributed by atoms with Crippen molar-refractivity contribution in [3.05, 3.63) is 48.4 Å². The van der Waals surface area contributed by atoms with Gasteiger partial charge in [-0.2, -0.15) is 0 Å². The number of rotatable bonds is 6. The van der Waals surface area contributed by atoms with Crippen molar-refractivity contribution in [1.29, 1.82) is 0 Å². The summed E-state index contributed by atoms with van der Waals surface area (Å²) >= 11 is 0. The van der Waals surface area contributed by atoms with Crippen molar-refractivity contribution in [1.82, 2.24) is 20.3 Å². The van der Waals surface area contributed by atoms with Crippen molar-refractivity contribution in [2.75, 3.05) is 20.2 Å². The van der Waals surface area contributed by atoms with Crippen molar-refractivity contribution < 1.29 is 14.2 Å². The zero-order valence-corrected chi connectivity index (χ0v) is 18.6. The standard InChI is InChI=1S/C25H28N4O3/c1-15-9-18-10-19(6-7-21(18)29-15)32-25-20-11-23(30-3)24(12-22(20)27-14-28-25)31-16(2)17-5-4-8-26-13-17/h6-7,9-12,14,16-17,26,29H,4-5,8,13H2,1-3H3. The van der Waals surface area contributed by atoms with Crippen LogP contribution in [0.25, 0.3) is 21.8 Å². The molecule has 166 valence electrons. The average Bonchev–Trinajstić information content (AvgIpc) is 3.18. The number of nitrogens with zero attached hydrogens (tertiary/aromatic N) is 2. The average molecular weight is 433 g/mol. The van der Waals surface area contributed by atoms with Crippen LogP contribution in [0.3, 0.4) is 0 Å². The number of hydrogen-bond donors (Lipinski definition) is 2. The lowest BCUT2D eigenvalue weighted by Gasteiger charge is -2.29. The SMILES string of the molecule is COc1cc2c(Oc3ccc4[nH]c(C)cc4c3)ncnc2cc1OC(C)C1CCCNC1. The molecule has 5 rings (SSSR count). The molecule has 1 fully saturated rings. The summed E-state index contributed by atoms with van der Waals surface area (Å²) in [6.45, 7) is 6.21. The topological polar surface area (TPSA) is 81.3 Å². The van der Waals surface area contributed by atoms with E-state index in [4.69, 9.17) is 14.2 Å². The number of ether oxygens (including phenoxy) is 3. The molecule has 1 aliphatic heterocycles. The number of H-pyrrole nitrogens is 1. The molecular formula is C25H28N4O3. The van der Waals surface area contributed by atoms with Gasteiger partial charge < -0.3 is 24.5 Å². The van der Waals surface area contributed by atoms with Gasteiger partial charge in [-0.05, 0) is 63.6 Å². The Hall–Kier alpha value is -3.32.